The molecule has 5 nitrogen and oxygen atoms in total. The third-order valence-electron chi connectivity index (χ3n) is 2.99. The Labute approximate surface area is 121 Å². The molecular formula is C14H18F2N2O3. The lowest BCUT2D eigenvalue weighted by Gasteiger charge is -2.08. The van der Waals surface area contributed by atoms with Gasteiger partial charge in [0.2, 0.25) is 5.82 Å². The predicted molar refractivity (Wildman–Crippen MR) is 74.0 cm³/mol. The van der Waals surface area contributed by atoms with Crippen LogP contribution in [-0.2, 0) is 0 Å². The van der Waals surface area contributed by atoms with E-state index in [1.54, 1.807) is 0 Å². The quantitative estimate of drug-likeness (QED) is 0.476. The normalized spacial score (nSPS) is 10.7. The molecule has 116 valence electrons. The van der Waals surface area contributed by atoms with E-state index < -0.39 is 33.7 Å². The Morgan fingerprint density at radius 1 is 1.33 bits per heavy atom. The molecule has 1 aromatic carbocycles. The SMILES string of the molecule is CC(C)CCCCNC(=O)c1c(F)ccc([N+](=O)[O-])c1F. The van der Waals surface area contributed by atoms with Crippen molar-refractivity contribution in [2.45, 2.75) is 33.1 Å². The standard InChI is InChI=1S/C14H18F2N2O3/c1-9(2)5-3-4-8-17-14(19)12-10(15)6-7-11(13(12)16)18(20)21/h6-7,9H,3-5,8H2,1-2H3,(H,17,19). The van der Waals surface area contributed by atoms with Crippen LogP contribution in [0, 0.1) is 27.7 Å². The number of unbranched alkanes of at least 4 members (excludes halogenated alkanes) is 1. The first-order valence-electron chi connectivity index (χ1n) is 6.75. The molecule has 1 rings (SSSR count). The zero-order chi connectivity index (χ0) is 16.0. The van der Waals surface area contributed by atoms with Crippen LogP contribution >= 0.6 is 0 Å². The summed E-state index contributed by atoms with van der Waals surface area (Å²) in [7, 11) is 0. The van der Waals surface area contributed by atoms with Crippen LogP contribution in [0.1, 0.15) is 43.5 Å². The average molecular weight is 300 g/mol. The van der Waals surface area contributed by atoms with E-state index in [9.17, 15) is 23.7 Å². The van der Waals surface area contributed by atoms with Gasteiger partial charge in [-0.2, -0.15) is 4.39 Å². The van der Waals surface area contributed by atoms with Gasteiger partial charge in [-0.3, -0.25) is 14.9 Å². The summed E-state index contributed by atoms with van der Waals surface area (Å²) in [5.41, 5.74) is -1.82. The van der Waals surface area contributed by atoms with Crippen LogP contribution in [0.3, 0.4) is 0 Å². The monoisotopic (exact) mass is 300 g/mol. The number of nitrogens with zero attached hydrogens (tertiary/aromatic N) is 1. The van der Waals surface area contributed by atoms with Crippen LogP contribution in [0.2, 0.25) is 0 Å². The Kier molecular flexibility index (Phi) is 6.20. The second-order valence-electron chi connectivity index (χ2n) is 5.16. The van der Waals surface area contributed by atoms with Crippen molar-refractivity contribution in [2.75, 3.05) is 6.54 Å². The summed E-state index contributed by atoms with van der Waals surface area (Å²) in [5, 5.41) is 13.0. The van der Waals surface area contributed by atoms with Gasteiger partial charge < -0.3 is 5.32 Å². The van der Waals surface area contributed by atoms with Crippen molar-refractivity contribution in [3.05, 3.63) is 39.4 Å². The molecule has 0 unspecified atom stereocenters. The van der Waals surface area contributed by atoms with Crippen LogP contribution in [0.15, 0.2) is 12.1 Å². The van der Waals surface area contributed by atoms with Gasteiger partial charge in [0, 0.05) is 12.6 Å². The first kappa shape index (κ1) is 17.0. The van der Waals surface area contributed by atoms with Gasteiger partial charge in [0.15, 0.2) is 0 Å². The summed E-state index contributed by atoms with van der Waals surface area (Å²) in [5.74, 6) is -2.98. The van der Waals surface area contributed by atoms with Crippen molar-refractivity contribution in [1.29, 1.82) is 0 Å². The molecule has 1 amide bonds. The Bertz CT molecular complexity index is 533. The number of hydrogen-bond donors (Lipinski definition) is 1. The predicted octanol–water partition coefficient (Wildman–Crippen LogP) is 3.43. The van der Waals surface area contributed by atoms with Gasteiger partial charge in [-0.05, 0) is 18.4 Å². The highest BCUT2D eigenvalue weighted by Gasteiger charge is 2.25. The van der Waals surface area contributed by atoms with Crippen LogP contribution in [0.4, 0.5) is 14.5 Å². The minimum atomic E-state index is -1.44. The smallest absolute Gasteiger partial charge is 0.305 e. The molecule has 7 heteroatoms. The van der Waals surface area contributed by atoms with Crippen molar-refractivity contribution >= 4 is 11.6 Å². The number of benzene rings is 1. The molecular weight excluding hydrogens is 282 g/mol. The van der Waals surface area contributed by atoms with E-state index in [1.165, 1.54) is 0 Å². The Balaban J connectivity index is 2.70. The fourth-order valence-corrected chi connectivity index (χ4v) is 1.86. The van der Waals surface area contributed by atoms with E-state index in [2.05, 4.69) is 19.2 Å². The molecule has 21 heavy (non-hydrogen) atoms. The molecule has 0 aromatic heterocycles. The fourth-order valence-electron chi connectivity index (χ4n) is 1.86. The van der Waals surface area contributed by atoms with Crippen molar-refractivity contribution in [2.24, 2.45) is 5.92 Å². The lowest BCUT2D eigenvalue weighted by atomic mass is 10.1. The van der Waals surface area contributed by atoms with Gasteiger partial charge in [0.05, 0.1) is 4.92 Å². The van der Waals surface area contributed by atoms with Crippen molar-refractivity contribution in [3.63, 3.8) is 0 Å². The Morgan fingerprint density at radius 2 is 2.00 bits per heavy atom. The summed E-state index contributed by atoms with van der Waals surface area (Å²) < 4.78 is 27.3. The molecule has 1 N–H and O–H groups in total. The molecule has 0 atom stereocenters. The molecule has 0 bridgehead atoms. The number of carbonyl (C=O) groups excluding carboxylic acids is 1. The van der Waals surface area contributed by atoms with Gasteiger partial charge in [-0.25, -0.2) is 4.39 Å². The highest BCUT2D eigenvalue weighted by Crippen LogP contribution is 2.22. The first-order valence-corrected chi connectivity index (χ1v) is 6.75. The molecule has 0 fully saturated rings. The molecule has 0 heterocycles. The molecule has 0 spiro atoms. The number of rotatable bonds is 7. The largest absolute Gasteiger partial charge is 0.352 e. The van der Waals surface area contributed by atoms with Crippen LogP contribution < -0.4 is 5.32 Å². The summed E-state index contributed by atoms with van der Waals surface area (Å²) >= 11 is 0. The number of nitrogens with one attached hydrogen (secondary N) is 1. The molecule has 0 aliphatic rings. The zero-order valence-electron chi connectivity index (χ0n) is 12.0. The lowest BCUT2D eigenvalue weighted by Crippen LogP contribution is -2.26. The molecule has 0 saturated heterocycles. The maximum atomic E-state index is 13.8. The van der Waals surface area contributed by atoms with Gasteiger partial charge in [0.25, 0.3) is 5.91 Å². The summed E-state index contributed by atoms with van der Waals surface area (Å²) in [6.45, 7) is 4.42. The minimum Gasteiger partial charge on any atom is -0.352 e. The number of nitro groups is 1. The maximum absolute atomic E-state index is 13.8. The molecule has 1 aromatic rings. The van der Waals surface area contributed by atoms with E-state index in [-0.39, 0.29) is 6.54 Å². The van der Waals surface area contributed by atoms with E-state index in [4.69, 9.17) is 0 Å². The molecule has 0 radical (unpaired) electrons. The van der Waals surface area contributed by atoms with Crippen molar-refractivity contribution in [1.82, 2.24) is 5.32 Å². The fraction of sp³-hybridized carbons (Fsp3) is 0.500. The Morgan fingerprint density at radius 3 is 2.57 bits per heavy atom. The molecule has 0 aliphatic carbocycles. The third kappa shape index (κ3) is 4.77. The van der Waals surface area contributed by atoms with Gasteiger partial charge in [-0.1, -0.05) is 26.7 Å². The van der Waals surface area contributed by atoms with Crippen LogP contribution in [-0.4, -0.2) is 17.4 Å². The number of nitro benzene ring substituents is 1. The lowest BCUT2D eigenvalue weighted by molar-refractivity contribution is -0.387. The number of halogens is 2. The first-order chi connectivity index (χ1) is 9.84. The van der Waals surface area contributed by atoms with Crippen molar-refractivity contribution < 1.29 is 18.5 Å². The number of hydrogen-bond acceptors (Lipinski definition) is 3. The number of amides is 1. The van der Waals surface area contributed by atoms with Gasteiger partial charge >= 0.3 is 5.69 Å². The Hall–Kier alpha value is -2.05. The van der Waals surface area contributed by atoms with E-state index in [0.717, 1.165) is 18.9 Å². The summed E-state index contributed by atoms with van der Waals surface area (Å²) in [4.78, 5) is 21.3. The van der Waals surface area contributed by atoms with E-state index in [1.807, 2.05) is 0 Å². The third-order valence-corrected chi connectivity index (χ3v) is 2.99. The van der Waals surface area contributed by atoms with Gasteiger partial charge in [-0.15, -0.1) is 0 Å². The zero-order valence-corrected chi connectivity index (χ0v) is 12.0. The minimum absolute atomic E-state index is 0.271. The molecule has 0 aliphatic heterocycles. The second-order valence-corrected chi connectivity index (χ2v) is 5.16. The van der Waals surface area contributed by atoms with Crippen molar-refractivity contribution in [3.8, 4) is 0 Å². The highest BCUT2D eigenvalue weighted by atomic mass is 19.1. The van der Waals surface area contributed by atoms with Gasteiger partial charge in [0.1, 0.15) is 11.4 Å². The maximum Gasteiger partial charge on any atom is 0.305 e. The van der Waals surface area contributed by atoms with Crippen LogP contribution in [0.5, 0.6) is 0 Å². The average Bonchev–Trinajstić information content (AvgIpc) is 2.37. The molecule has 0 saturated carbocycles. The van der Waals surface area contributed by atoms with E-state index in [0.29, 0.717) is 18.4 Å². The van der Waals surface area contributed by atoms with E-state index >= 15 is 0 Å². The number of carbonyl (C=O) groups is 1. The topological polar surface area (TPSA) is 72.2 Å². The van der Waals surface area contributed by atoms with Crippen LogP contribution in [0.25, 0.3) is 0 Å². The highest BCUT2D eigenvalue weighted by molar-refractivity contribution is 5.95. The summed E-state index contributed by atoms with van der Waals surface area (Å²) in [6, 6.07) is 1.42. The second kappa shape index (κ2) is 7.66. The summed E-state index contributed by atoms with van der Waals surface area (Å²) in [6.07, 6.45) is 2.56.